The van der Waals surface area contributed by atoms with Crippen LogP contribution in [0.1, 0.15) is 59.1 Å². The van der Waals surface area contributed by atoms with Crippen molar-refractivity contribution in [3.63, 3.8) is 0 Å². The molecule has 35 heavy (non-hydrogen) atoms. The average Bonchev–Trinajstić information content (AvgIpc) is 3.22. The minimum Gasteiger partial charge on any atom is -0.460 e. The number of amides is 1. The van der Waals surface area contributed by atoms with Crippen molar-refractivity contribution in [1.82, 2.24) is 9.55 Å². The number of aliphatic hydroxyl groups is 1. The van der Waals surface area contributed by atoms with Gasteiger partial charge in [0, 0.05) is 17.0 Å². The first kappa shape index (κ1) is 23.2. The van der Waals surface area contributed by atoms with E-state index >= 15 is 0 Å². The highest BCUT2D eigenvalue weighted by Crippen LogP contribution is 2.42. The van der Waals surface area contributed by atoms with Crippen LogP contribution in [0.2, 0.25) is 0 Å². The third-order valence-electron chi connectivity index (χ3n) is 7.25. The van der Waals surface area contributed by atoms with Crippen molar-refractivity contribution in [1.29, 1.82) is 0 Å². The Balaban J connectivity index is 0.000000464. The lowest BCUT2D eigenvalue weighted by Crippen LogP contribution is -2.32. The molecule has 0 saturated carbocycles. The number of aliphatic hydroxyl groups excluding tert-OH is 1. The standard InChI is InChI=1S/C24H21FN2O3.C2H5NO2/c1-3-12-15-7-20-22-16(9-27(20)23(28)17(15)10-30-24(12)29)14-6-4-5-13-11(2)18(25)8-19(26-22)21(13)14;3-2(5)1-4/h7-8,12H,3-6,9-10H2,1-2H3;4H,1H2,(H2,3,5). The normalized spacial score (nSPS) is 17.1. The Kier molecular flexibility index (Phi) is 5.67. The first-order chi connectivity index (χ1) is 16.8. The molecule has 2 aliphatic heterocycles. The Labute approximate surface area is 200 Å². The number of cyclic esters (lactones) is 1. The number of carbonyl (C=O) groups is 2. The predicted molar refractivity (Wildman–Crippen MR) is 126 cm³/mol. The topological polar surface area (TPSA) is 125 Å². The van der Waals surface area contributed by atoms with E-state index in [2.05, 4.69) is 5.73 Å². The Morgan fingerprint density at radius 1 is 1.23 bits per heavy atom. The van der Waals surface area contributed by atoms with Gasteiger partial charge in [0.25, 0.3) is 5.56 Å². The average molecular weight is 480 g/mol. The minimum absolute atomic E-state index is 0.0247. The monoisotopic (exact) mass is 479 g/mol. The molecule has 1 atom stereocenters. The van der Waals surface area contributed by atoms with Gasteiger partial charge >= 0.3 is 5.97 Å². The van der Waals surface area contributed by atoms with Crippen LogP contribution < -0.4 is 11.3 Å². The van der Waals surface area contributed by atoms with E-state index in [9.17, 15) is 18.8 Å². The Morgan fingerprint density at radius 3 is 2.63 bits per heavy atom. The highest BCUT2D eigenvalue weighted by Gasteiger charge is 2.35. The van der Waals surface area contributed by atoms with Gasteiger partial charge in [0.15, 0.2) is 0 Å². The second kappa shape index (κ2) is 8.57. The number of pyridine rings is 2. The van der Waals surface area contributed by atoms with Crippen molar-refractivity contribution in [2.45, 2.75) is 58.6 Å². The van der Waals surface area contributed by atoms with Crippen LogP contribution in [0, 0.1) is 12.7 Å². The van der Waals surface area contributed by atoms with Crippen LogP contribution in [0.25, 0.3) is 22.3 Å². The molecule has 0 radical (unpaired) electrons. The van der Waals surface area contributed by atoms with Gasteiger partial charge in [0.1, 0.15) is 19.0 Å². The molecule has 6 rings (SSSR count). The highest BCUT2D eigenvalue weighted by atomic mass is 19.1. The largest absolute Gasteiger partial charge is 0.460 e. The number of hydrogen-bond acceptors (Lipinski definition) is 6. The quantitative estimate of drug-likeness (QED) is 0.426. The molecule has 0 fully saturated rings. The van der Waals surface area contributed by atoms with Crippen molar-refractivity contribution in [2.24, 2.45) is 5.73 Å². The number of esters is 1. The summed E-state index contributed by atoms with van der Waals surface area (Å²) >= 11 is 0. The molecule has 8 nitrogen and oxygen atoms in total. The van der Waals surface area contributed by atoms with E-state index in [1.807, 2.05) is 19.9 Å². The van der Waals surface area contributed by atoms with E-state index in [1.54, 1.807) is 4.57 Å². The first-order valence-corrected chi connectivity index (χ1v) is 11.7. The maximum Gasteiger partial charge on any atom is 0.313 e. The summed E-state index contributed by atoms with van der Waals surface area (Å²) in [4.78, 5) is 39.7. The Bertz CT molecular complexity index is 1480. The Morgan fingerprint density at radius 2 is 1.94 bits per heavy atom. The van der Waals surface area contributed by atoms with E-state index in [4.69, 9.17) is 14.8 Å². The molecule has 3 aliphatic rings. The molecule has 1 unspecified atom stereocenters. The number of benzene rings is 1. The molecule has 0 bridgehead atoms. The van der Waals surface area contributed by atoms with Gasteiger partial charge in [0.2, 0.25) is 5.91 Å². The summed E-state index contributed by atoms with van der Waals surface area (Å²) in [6, 6.07) is 3.46. The lowest BCUT2D eigenvalue weighted by molar-refractivity contribution is -0.148. The lowest BCUT2D eigenvalue weighted by Gasteiger charge is -2.24. The van der Waals surface area contributed by atoms with Gasteiger partial charge in [-0.25, -0.2) is 9.37 Å². The van der Waals surface area contributed by atoms with E-state index < -0.39 is 18.4 Å². The highest BCUT2D eigenvalue weighted by molar-refractivity contribution is 5.92. The molecule has 1 aromatic carbocycles. The first-order valence-electron chi connectivity index (χ1n) is 11.7. The van der Waals surface area contributed by atoms with Crippen molar-refractivity contribution in [2.75, 3.05) is 6.61 Å². The number of hydrogen-bond donors (Lipinski definition) is 2. The summed E-state index contributed by atoms with van der Waals surface area (Å²) in [5.41, 5.74) is 11.8. The second-order valence-corrected chi connectivity index (χ2v) is 9.17. The van der Waals surface area contributed by atoms with Gasteiger partial charge < -0.3 is 20.1 Å². The zero-order chi connectivity index (χ0) is 25.0. The molecule has 4 heterocycles. The van der Waals surface area contributed by atoms with Gasteiger partial charge in [-0.2, -0.15) is 0 Å². The van der Waals surface area contributed by atoms with Crippen molar-refractivity contribution < 1.29 is 23.8 Å². The third-order valence-corrected chi connectivity index (χ3v) is 7.25. The number of ether oxygens (including phenoxy) is 1. The lowest BCUT2D eigenvalue weighted by atomic mass is 9.84. The summed E-state index contributed by atoms with van der Waals surface area (Å²) in [5.74, 6) is -1.63. The summed E-state index contributed by atoms with van der Waals surface area (Å²) in [6.45, 7) is 3.69. The van der Waals surface area contributed by atoms with Crippen molar-refractivity contribution in [3.05, 3.63) is 61.7 Å². The molecule has 182 valence electrons. The number of fused-ring (bicyclic) bond motifs is 5. The van der Waals surface area contributed by atoms with Crippen LogP contribution in [-0.4, -0.2) is 33.1 Å². The fraction of sp³-hybridized carbons (Fsp3) is 0.385. The molecule has 3 aromatic rings. The van der Waals surface area contributed by atoms with Crippen LogP contribution in [0.4, 0.5) is 4.39 Å². The maximum absolute atomic E-state index is 14.6. The fourth-order valence-corrected chi connectivity index (χ4v) is 5.54. The fourth-order valence-electron chi connectivity index (χ4n) is 5.54. The molecule has 2 aromatic heterocycles. The molecule has 0 saturated heterocycles. The third kappa shape index (κ3) is 3.53. The Hall–Kier alpha value is -3.59. The number of carbonyl (C=O) groups excluding carboxylic acids is 2. The van der Waals surface area contributed by atoms with E-state index in [0.717, 1.165) is 52.7 Å². The number of aryl methyl sites for hydroxylation is 2. The number of aromatic nitrogens is 2. The molecule has 3 N–H and O–H groups in total. The maximum atomic E-state index is 14.6. The smallest absolute Gasteiger partial charge is 0.313 e. The van der Waals surface area contributed by atoms with E-state index in [1.165, 1.54) is 11.6 Å². The predicted octanol–water partition coefficient (Wildman–Crippen LogP) is 2.38. The van der Waals surface area contributed by atoms with Crippen LogP contribution in [0.5, 0.6) is 0 Å². The number of halogens is 1. The number of rotatable bonds is 2. The van der Waals surface area contributed by atoms with Crippen LogP contribution in [-0.2, 0) is 40.3 Å². The second-order valence-electron chi connectivity index (χ2n) is 9.17. The van der Waals surface area contributed by atoms with Gasteiger partial charge in [0.05, 0.1) is 34.9 Å². The van der Waals surface area contributed by atoms with E-state index in [-0.39, 0.29) is 24.0 Å². The molecule has 9 heteroatoms. The van der Waals surface area contributed by atoms with E-state index in [0.29, 0.717) is 29.6 Å². The zero-order valence-electron chi connectivity index (χ0n) is 19.6. The van der Waals surface area contributed by atoms with Crippen molar-refractivity contribution in [3.8, 4) is 11.4 Å². The summed E-state index contributed by atoms with van der Waals surface area (Å²) in [7, 11) is 0. The van der Waals surface area contributed by atoms with Crippen molar-refractivity contribution >= 4 is 22.8 Å². The molecule has 0 spiro atoms. The zero-order valence-corrected chi connectivity index (χ0v) is 19.6. The summed E-state index contributed by atoms with van der Waals surface area (Å²) in [5, 5.41) is 8.73. The van der Waals surface area contributed by atoms with Crippen LogP contribution >= 0.6 is 0 Å². The SMILES string of the molecule is CCC1C(=O)OCc2c1cc1n(c2=O)Cc2c-1nc1cc(F)c(C)c3c1c2CCC3.NC(=O)CO. The molecular weight excluding hydrogens is 453 g/mol. The van der Waals surface area contributed by atoms with Gasteiger partial charge in [-0.15, -0.1) is 0 Å². The number of nitrogens with zero attached hydrogens (tertiary/aromatic N) is 2. The van der Waals surface area contributed by atoms with Gasteiger partial charge in [-0.05, 0) is 60.9 Å². The van der Waals surface area contributed by atoms with Gasteiger partial charge in [-0.3, -0.25) is 14.4 Å². The molecular formula is C26H26FN3O5. The number of primary amides is 1. The summed E-state index contributed by atoms with van der Waals surface area (Å²) < 4.78 is 21.6. The molecule has 1 amide bonds. The molecule has 1 aliphatic carbocycles. The summed E-state index contributed by atoms with van der Waals surface area (Å²) in [6.07, 6.45) is 3.30. The van der Waals surface area contributed by atoms with Crippen LogP contribution in [0.3, 0.4) is 0 Å². The van der Waals surface area contributed by atoms with Crippen LogP contribution in [0.15, 0.2) is 16.9 Å². The minimum atomic E-state index is -0.690. The van der Waals surface area contributed by atoms with Gasteiger partial charge in [-0.1, -0.05) is 6.92 Å². The number of nitrogens with two attached hydrogens (primary N) is 1.